The van der Waals surface area contributed by atoms with E-state index in [2.05, 4.69) is 24.3 Å². The minimum Gasteiger partial charge on any atom is -0.374 e. The summed E-state index contributed by atoms with van der Waals surface area (Å²) >= 11 is 8.49. The molecule has 2 heterocycles. The summed E-state index contributed by atoms with van der Waals surface area (Å²) < 4.78 is 42.1. The lowest BCUT2D eigenvalue weighted by atomic mass is 9.87. The number of hydrogen-bond acceptors (Lipinski definition) is 6. The number of hydrogen-bond donors (Lipinski definition) is 1. The second-order valence-electron chi connectivity index (χ2n) is 12.9. The molecule has 266 valence electrons. The first kappa shape index (κ1) is 36.2. The molecule has 0 unspecified atom stereocenters. The van der Waals surface area contributed by atoms with Crippen molar-refractivity contribution in [1.82, 2.24) is 0 Å². The Bertz CT molecular complexity index is 2000. The number of thiophene rings is 1. The van der Waals surface area contributed by atoms with Gasteiger partial charge >= 0.3 is 0 Å². The van der Waals surface area contributed by atoms with Crippen molar-refractivity contribution in [2.75, 3.05) is 6.61 Å². The molecule has 6 aromatic rings. The van der Waals surface area contributed by atoms with E-state index in [1.54, 1.807) is 23.5 Å². The molecule has 7 rings (SSSR count). The van der Waals surface area contributed by atoms with Gasteiger partial charge in [0.1, 0.15) is 18.3 Å². The molecule has 5 nitrogen and oxygen atoms in total. The van der Waals surface area contributed by atoms with E-state index >= 15 is 4.39 Å². The number of ether oxygens (including phenoxy) is 4. The molecule has 0 aliphatic carbocycles. The minimum absolute atomic E-state index is 0.0994. The van der Waals surface area contributed by atoms with Crippen molar-refractivity contribution < 1.29 is 28.4 Å². The van der Waals surface area contributed by atoms with Gasteiger partial charge in [0.2, 0.25) is 5.79 Å². The maximum atomic E-state index is 16.8. The molecule has 8 heteroatoms. The largest absolute Gasteiger partial charge is 0.374 e. The van der Waals surface area contributed by atoms with Crippen LogP contribution in [0.1, 0.15) is 32.7 Å². The summed E-state index contributed by atoms with van der Waals surface area (Å²) in [7, 11) is 0. The van der Waals surface area contributed by atoms with Gasteiger partial charge < -0.3 is 24.1 Å². The van der Waals surface area contributed by atoms with Crippen molar-refractivity contribution in [1.29, 1.82) is 0 Å². The molecule has 1 saturated heterocycles. The van der Waals surface area contributed by atoms with Crippen LogP contribution in [-0.4, -0.2) is 36.2 Å². The third-order valence-corrected chi connectivity index (χ3v) is 10.7. The first-order chi connectivity index (χ1) is 25.5. The molecule has 5 atom stereocenters. The Morgan fingerprint density at radius 3 is 1.90 bits per heavy atom. The van der Waals surface area contributed by atoms with Crippen LogP contribution in [0.15, 0.2) is 152 Å². The molecule has 0 radical (unpaired) electrons. The summed E-state index contributed by atoms with van der Waals surface area (Å²) in [6, 6.07) is 48.5. The smallest absolute Gasteiger partial charge is 0.222 e. The lowest BCUT2D eigenvalue weighted by molar-refractivity contribution is -0.366. The average Bonchev–Trinajstić information content (AvgIpc) is 3.66. The highest BCUT2D eigenvalue weighted by atomic mass is 35.5. The molecular weight excluding hydrogens is 695 g/mol. The van der Waals surface area contributed by atoms with Gasteiger partial charge in [0.25, 0.3) is 0 Å². The maximum Gasteiger partial charge on any atom is 0.222 e. The van der Waals surface area contributed by atoms with Crippen molar-refractivity contribution >= 4 is 22.9 Å². The zero-order valence-electron chi connectivity index (χ0n) is 28.5. The Morgan fingerprint density at radius 2 is 1.27 bits per heavy atom. The van der Waals surface area contributed by atoms with E-state index in [1.165, 1.54) is 0 Å². The van der Waals surface area contributed by atoms with E-state index in [-0.39, 0.29) is 26.4 Å². The molecule has 1 aliphatic heterocycles. The zero-order chi connectivity index (χ0) is 35.8. The molecule has 0 saturated carbocycles. The number of aliphatic hydroxyl groups is 1. The number of halogens is 2. The van der Waals surface area contributed by atoms with E-state index in [9.17, 15) is 5.11 Å². The molecule has 1 fully saturated rings. The summed E-state index contributed by atoms with van der Waals surface area (Å²) in [6.45, 7) is 0.347. The molecule has 52 heavy (non-hydrogen) atoms. The Labute approximate surface area is 313 Å². The molecule has 0 bridgehead atoms. The molecule has 1 aliphatic rings. The van der Waals surface area contributed by atoms with E-state index in [1.807, 2.05) is 115 Å². The second kappa shape index (κ2) is 17.1. The minimum atomic E-state index is -2.12. The Hall–Kier alpha value is -4.18. The second-order valence-corrected chi connectivity index (χ2v) is 14.5. The lowest BCUT2D eigenvalue weighted by Crippen LogP contribution is -2.64. The summed E-state index contributed by atoms with van der Waals surface area (Å²) in [5.41, 5.74) is 4.99. The fraction of sp³-hybridized carbons (Fsp3) is 0.227. The highest BCUT2D eigenvalue weighted by Gasteiger charge is 2.57. The van der Waals surface area contributed by atoms with Crippen LogP contribution in [0.2, 0.25) is 5.02 Å². The highest BCUT2D eigenvalue weighted by molar-refractivity contribution is 7.15. The molecule has 1 aromatic heterocycles. The highest BCUT2D eigenvalue weighted by Crippen LogP contribution is 2.43. The fourth-order valence-corrected chi connectivity index (χ4v) is 7.68. The van der Waals surface area contributed by atoms with Gasteiger partial charge in [-0.25, -0.2) is 4.39 Å². The SMILES string of the molecule is O[C@@]1(c2ccc(Cl)c(Cc3ccc(-c4ccccc4)s3)c2)O[C@H](COCc2ccccc2)[C@@H](F)[C@H](OCc2ccccc2)[C@H]1OCc1ccccc1. The van der Waals surface area contributed by atoms with Crippen molar-refractivity contribution in [3.63, 3.8) is 0 Å². The summed E-state index contributed by atoms with van der Waals surface area (Å²) in [6.07, 6.45) is -4.79. The predicted molar refractivity (Wildman–Crippen MR) is 204 cm³/mol. The first-order valence-electron chi connectivity index (χ1n) is 17.4. The first-order valence-corrected chi connectivity index (χ1v) is 18.6. The number of alkyl halides is 1. The molecule has 5 aromatic carbocycles. The Kier molecular flexibility index (Phi) is 11.9. The van der Waals surface area contributed by atoms with Gasteiger partial charge in [-0.3, -0.25) is 0 Å². The van der Waals surface area contributed by atoms with Crippen LogP contribution in [0.4, 0.5) is 4.39 Å². The van der Waals surface area contributed by atoms with Crippen LogP contribution < -0.4 is 0 Å². The van der Waals surface area contributed by atoms with E-state index < -0.39 is 30.3 Å². The summed E-state index contributed by atoms with van der Waals surface area (Å²) in [5.74, 6) is -2.12. The van der Waals surface area contributed by atoms with Gasteiger partial charge in [-0.2, -0.15) is 0 Å². The third-order valence-electron chi connectivity index (χ3n) is 9.18. The topological polar surface area (TPSA) is 57.2 Å². The summed E-state index contributed by atoms with van der Waals surface area (Å²) in [5, 5.41) is 13.3. The van der Waals surface area contributed by atoms with Crippen molar-refractivity contribution in [2.24, 2.45) is 0 Å². The monoisotopic (exact) mass is 734 g/mol. The molecular formula is C44H40ClFO5S. The van der Waals surface area contributed by atoms with Crippen molar-refractivity contribution in [3.05, 3.63) is 189 Å². The molecule has 0 spiro atoms. The average molecular weight is 735 g/mol. The van der Waals surface area contributed by atoms with E-state index in [4.69, 9.17) is 30.5 Å². The third kappa shape index (κ3) is 8.71. The molecule has 1 N–H and O–H groups in total. The maximum absolute atomic E-state index is 16.8. The standard InChI is InChI=1S/C44H40ClFO5S/c45-38-23-21-36(25-35(38)26-37-22-24-40(52-37)34-19-11-4-12-20-34)44(47)43(50-29-33-17-9-3-10-18-33)42(49-28-32-15-7-2-8-16-32)41(46)39(51-44)30-48-27-31-13-5-1-6-14-31/h1-25,39,41-43,47H,26-30H2/t39-,41-,42+,43-,44+/m1/s1. The number of benzene rings is 5. The van der Waals surface area contributed by atoms with Gasteiger partial charge in [0, 0.05) is 26.8 Å². The van der Waals surface area contributed by atoms with Crippen molar-refractivity contribution in [2.45, 2.75) is 56.5 Å². The zero-order valence-corrected chi connectivity index (χ0v) is 30.1. The quantitative estimate of drug-likeness (QED) is 0.121. The van der Waals surface area contributed by atoms with E-state index in [0.29, 0.717) is 17.0 Å². The van der Waals surface area contributed by atoms with Gasteiger partial charge in [0.05, 0.1) is 26.4 Å². The Balaban J connectivity index is 1.22. The predicted octanol–water partition coefficient (Wildman–Crippen LogP) is 9.93. The number of rotatable bonds is 14. The normalized spacial score (nSPS) is 21.6. The van der Waals surface area contributed by atoms with Crippen LogP contribution >= 0.6 is 22.9 Å². The van der Waals surface area contributed by atoms with Crippen LogP contribution in [0.5, 0.6) is 0 Å². The van der Waals surface area contributed by atoms with Crippen LogP contribution in [0.3, 0.4) is 0 Å². The van der Waals surface area contributed by atoms with Gasteiger partial charge in [-0.1, -0.05) is 139 Å². The Morgan fingerprint density at radius 1 is 0.692 bits per heavy atom. The van der Waals surface area contributed by atoms with Gasteiger partial charge in [-0.15, -0.1) is 11.3 Å². The van der Waals surface area contributed by atoms with Crippen LogP contribution in [0.25, 0.3) is 10.4 Å². The van der Waals surface area contributed by atoms with Gasteiger partial charge in [0.15, 0.2) is 6.17 Å². The lowest BCUT2D eigenvalue weighted by Gasteiger charge is -2.48. The van der Waals surface area contributed by atoms with E-state index in [0.717, 1.165) is 37.6 Å². The summed E-state index contributed by atoms with van der Waals surface area (Å²) in [4.78, 5) is 2.25. The molecule has 0 amide bonds. The van der Waals surface area contributed by atoms with Gasteiger partial charge in [-0.05, 0) is 52.1 Å². The van der Waals surface area contributed by atoms with Crippen molar-refractivity contribution in [3.8, 4) is 10.4 Å². The van der Waals surface area contributed by atoms with Crippen LogP contribution in [0, 0.1) is 0 Å². The van der Waals surface area contributed by atoms with Crippen LogP contribution in [-0.2, 0) is 51.0 Å². The fourth-order valence-electron chi connectivity index (χ4n) is 6.45.